The van der Waals surface area contributed by atoms with Crippen LogP contribution in [0.1, 0.15) is 29.2 Å². The summed E-state index contributed by atoms with van der Waals surface area (Å²) in [4.78, 5) is 26.8. The number of nitrogens with zero attached hydrogens (tertiary/aromatic N) is 1. The van der Waals surface area contributed by atoms with Gasteiger partial charge in [0.15, 0.2) is 0 Å². The third-order valence-electron chi connectivity index (χ3n) is 4.31. The van der Waals surface area contributed by atoms with Crippen LogP contribution in [0.5, 0.6) is 5.75 Å². The summed E-state index contributed by atoms with van der Waals surface area (Å²) >= 11 is 0. The Morgan fingerprint density at radius 3 is 2.59 bits per heavy atom. The van der Waals surface area contributed by atoms with E-state index in [0.29, 0.717) is 23.7 Å². The van der Waals surface area contributed by atoms with E-state index in [1.807, 2.05) is 51.1 Å². The minimum absolute atomic E-state index is 0. The third kappa shape index (κ3) is 5.26. The van der Waals surface area contributed by atoms with Gasteiger partial charge in [-0.05, 0) is 38.5 Å². The summed E-state index contributed by atoms with van der Waals surface area (Å²) in [5, 5.41) is 5.66. The highest BCUT2D eigenvalue weighted by Crippen LogP contribution is 2.37. The van der Waals surface area contributed by atoms with Crippen LogP contribution in [0.2, 0.25) is 0 Å². The van der Waals surface area contributed by atoms with E-state index < -0.39 is 6.10 Å². The first-order chi connectivity index (χ1) is 13.8. The molecule has 29 heavy (non-hydrogen) atoms. The molecule has 0 spiro atoms. The minimum Gasteiger partial charge on any atom is -0.476 e. The summed E-state index contributed by atoms with van der Waals surface area (Å²) < 4.78 is 11.1. The van der Waals surface area contributed by atoms with Crippen LogP contribution in [0, 0.1) is 0 Å². The third-order valence-corrected chi connectivity index (χ3v) is 4.31. The topological polar surface area (TPSA) is 79.9 Å². The lowest BCUT2D eigenvalue weighted by Crippen LogP contribution is -2.47. The Kier molecular flexibility index (Phi) is 6.08. The fourth-order valence-electron chi connectivity index (χ4n) is 3.09. The van der Waals surface area contributed by atoms with Crippen LogP contribution in [-0.2, 0) is 16.1 Å². The predicted octanol–water partition coefficient (Wildman–Crippen LogP) is 4.04. The zero-order valence-electron chi connectivity index (χ0n) is 17.2. The molecular weight excluding hydrogens is 370 g/mol. The lowest BCUT2D eigenvalue weighted by Gasteiger charge is -2.34. The molecule has 1 aliphatic heterocycles. The number of nitrogens with one attached hydrogen (secondary N) is 2. The van der Waals surface area contributed by atoms with E-state index >= 15 is 0 Å². The van der Waals surface area contributed by atoms with Crippen molar-refractivity contribution in [1.29, 1.82) is 0 Å². The van der Waals surface area contributed by atoms with Crippen molar-refractivity contribution >= 4 is 23.3 Å². The number of ether oxygens (including phenoxy) is 2. The van der Waals surface area contributed by atoms with Gasteiger partial charge in [-0.1, -0.05) is 30.3 Å². The van der Waals surface area contributed by atoms with E-state index in [9.17, 15) is 9.59 Å². The van der Waals surface area contributed by atoms with Crippen LogP contribution in [0.25, 0.3) is 0 Å². The molecule has 1 heterocycles. The first-order valence-corrected chi connectivity index (χ1v) is 9.51. The lowest BCUT2D eigenvalue weighted by molar-refractivity contribution is -0.128. The molecule has 2 aromatic carbocycles. The Balaban J connectivity index is 0.00000240. The molecule has 2 aromatic rings. The number of benzene rings is 2. The second-order valence-electron chi connectivity index (χ2n) is 7.98. The van der Waals surface area contributed by atoms with Gasteiger partial charge in [0.2, 0.25) is 6.10 Å². The fourth-order valence-corrected chi connectivity index (χ4v) is 3.09. The summed E-state index contributed by atoms with van der Waals surface area (Å²) in [6, 6.07) is 14.7. The molecule has 1 atom stereocenters. The number of rotatable bonds is 5. The van der Waals surface area contributed by atoms with Crippen LogP contribution >= 0.6 is 0 Å². The number of hydrogen-bond acceptors (Lipinski definition) is 4. The maximum Gasteiger partial charge on any atom is 0.319 e. The van der Waals surface area contributed by atoms with Crippen molar-refractivity contribution in [3.8, 4) is 5.75 Å². The Morgan fingerprint density at radius 2 is 1.93 bits per heavy atom. The molecule has 0 saturated heterocycles. The Morgan fingerprint density at radius 1 is 1.21 bits per heavy atom. The summed E-state index contributed by atoms with van der Waals surface area (Å²) in [7, 11) is 1.53. The van der Waals surface area contributed by atoms with Crippen molar-refractivity contribution in [3.05, 3.63) is 54.1 Å². The molecular formula is C22H31N3O4. The quantitative estimate of drug-likeness (QED) is 0.792. The number of fused-ring (bicyclic) bond motifs is 1. The normalized spacial score (nSPS) is 16.1. The standard InChI is InChI=1S/C22H27N3O4.2H2/c1-22(2,3)24-21(27)23-16-10-11-17-18(12-16)29-19(14-28-4)20(26)25(17)13-15-8-6-5-7-9-15;;/h5-12,19H,13-14H2,1-4H3,(H2,23,24,27);2*1H/t19-;;/m1../s1. The molecule has 2 N–H and O–H groups in total. The number of amides is 3. The molecule has 3 amide bonds. The highest BCUT2D eigenvalue weighted by molar-refractivity contribution is 6.01. The van der Waals surface area contributed by atoms with Gasteiger partial charge in [-0.3, -0.25) is 4.79 Å². The van der Waals surface area contributed by atoms with Crippen LogP contribution < -0.4 is 20.3 Å². The molecule has 7 heteroatoms. The van der Waals surface area contributed by atoms with Gasteiger partial charge >= 0.3 is 6.03 Å². The van der Waals surface area contributed by atoms with E-state index in [0.717, 1.165) is 5.56 Å². The largest absolute Gasteiger partial charge is 0.476 e. The van der Waals surface area contributed by atoms with Crippen LogP contribution in [0.3, 0.4) is 0 Å². The molecule has 3 rings (SSSR count). The Hall–Kier alpha value is -3.06. The van der Waals surface area contributed by atoms with Gasteiger partial charge < -0.3 is 25.0 Å². The maximum absolute atomic E-state index is 12.9. The SMILES string of the molecule is COC[C@H]1Oc2cc(NC(=O)NC(C)(C)C)ccc2N(Cc2ccccc2)C1=O.[HH].[HH]. The van der Waals surface area contributed by atoms with Crippen molar-refractivity contribution in [2.45, 2.75) is 39.0 Å². The highest BCUT2D eigenvalue weighted by Gasteiger charge is 2.34. The van der Waals surface area contributed by atoms with Crippen molar-refractivity contribution < 1.29 is 21.9 Å². The predicted molar refractivity (Wildman–Crippen MR) is 117 cm³/mol. The first-order valence-electron chi connectivity index (χ1n) is 9.51. The number of anilines is 2. The van der Waals surface area contributed by atoms with Crippen molar-refractivity contribution in [3.63, 3.8) is 0 Å². The number of hydrogen-bond donors (Lipinski definition) is 2. The maximum atomic E-state index is 12.9. The van der Waals surface area contributed by atoms with E-state index in [1.54, 1.807) is 23.1 Å². The van der Waals surface area contributed by atoms with Crippen LogP contribution in [0.15, 0.2) is 48.5 Å². The molecule has 0 bridgehead atoms. The average Bonchev–Trinajstić information content (AvgIpc) is 2.64. The molecule has 0 unspecified atom stereocenters. The highest BCUT2D eigenvalue weighted by atomic mass is 16.5. The number of carbonyl (C=O) groups excluding carboxylic acids is 2. The molecule has 0 fully saturated rings. The van der Waals surface area contributed by atoms with Gasteiger partial charge in [0.25, 0.3) is 5.91 Å². The van der Waals surface area contributed by atoms with Gasteiger partial charge in [0.05, 0.1) is 18.8 Å². The van der Waals surface area contributed by atoms with Crippen molar-refractivity contribution in [2.75, 3.05) is 23.9 Å². The van der Waals surface area contributed by atoms with E-state index in [-0.39, 0.29) is 26.9 Å². The van der Waals surface area contributed by atoms with Gasteiger partial charge in [0.1, 0.15) is 5.75 Å². The zero-order chi connectivity index (χ0) is 21.0. The van der Waals surface area contributed by atoms with E-state index in [4.69, 9.17) is 9.47 Å². The summed E-state index contributed by atoms with van der Waals surface area (Å²) in [5.74, 6) is 0.366. The Labute approximate surface area is 174 Å². The lowest BCUT2D eigenvalue weighted by atomic mass is 10.1. The summed E-state index contributed by atoms with van der Waals surface area (Å²) in [5.41, 5.74) is 1.90. The molecule has 158 valence electrons. The summed E-state index contributed by atoms with van der Waals surface area (Å²) in [6.07, 6.45) is -0.741. The molecule has 7 nitrogen and oxygen atoms in total. The van der Waals surface area contributed by atoms with Gasteiger partial charge in [-0.15, -0.1) is 0 Å². The molecule has 0 aromatic heterocycles. The van der Waals surface area contributed by atoms with Gasteiger partial charge in [-0.2, -0.15) is 0 Å². The van der Waals surface area contributed by atoms with Crippen molar-refractivity contribution in [2.24, 2.45) is 0 Å². The number of carbonyl (C=O) groups is 2. The molecule has 0 saturated carbocycles. The molecule has 0 aliphatic carbocycles. The molecule has 0 radical (unpaired) electrons. The fraction of sp³-hybridized carbons (Fsp3) is 0.364. The number of urea groups is 1. The Bertz CT molecular complexity index is 888. The summed E-state index contributed by atoms with van der Waals surface area (Å²) in [6.45, 7) is 6.29. The minimum atomic E-state index is -0.741. The second-order valence-corrected chi connectivity index (χ2v) is 7.98. The van der Waals surface area contributed by atoms with E-state index in [2.05, 4.69) is 10.6 Å². The first kappa shape index (κ1) is 20.7. The van der Waals surface area contributed by atoms with E-state index in [1.165, 1.54) is 7.11 Å². The van der Waals surface area contributed by atoms with Gasteiger partial charge in [0, 0.05) is 27.3 Å². The second kappa shape index (κ2) is 8.53. The van der Waals surface area contributed by atoms with Crippen LogP contribution in [-0.4, -0.2) is 37.3 Å². The van der Waals surface area contributed by atoms with Gasteiger partial charge in [-0.25, -0.2) is 4.79 Å². The average molecular weight is 402 g/mol. The smallest absolute Gasteiger partial charge is 0.319 e. The van der Waals surface area contributed by atoms with Crippen molar-refractivity contribution in [1.82, 2.24) is 5.32 Å². The zero-order valence-corrected chi connectivity index (χ0v) is 17.2. The number of methoxy groups -OCH3 is 1. The van der Waals surface area contributed by atoms with Crippen LogP contribution in [0.4, 0.5) is 16.2 Å². The molecule has 1 aliphatic rings. The monoisotopic (exact) mass is 401 g/mol.